The van der Waals surface area contributed by atoms with Crippen molar-refractivity contribution in [2.75, 3.05) is 36.0 Å². The molecule has 1 aromatic heterocycles. The van der Waals surface area contributed by atoms with Crippen LogP contribution in [0.3, 0.4) is 0 Å². The van der Waals surface area contributed by atoms with Gasteiger partial charge in [0.25, 0.3) is 0 Å². The molecule has 3 aromatic rings. The summed E-state index contributed by atoms with van der Waals surface area (Å²) in [5.74, 6) is 0. The standard InChI is InChI=1S/C21H16ClN5/c22-19-11-17(6-5-15(19)12-23)26-7-9-27(10-8-26)21-16(13-24)14-25-20-4-2-1-3-18(20)21/h1-6,11,14H,7-10H2. The molecule has 0 spiro atoms. The fourth-order valence-corrected chi connectivity index (χ4v) is 3.75. The molecule has 0 bridgehead atoms. The van der Waals surface area contributed by atoms with E-state index in [4.69, 9.17) is 16.9 Å². The Labute approximate surface area is 162 Å². The molecule has 1 aliphatic heterocycles. The van der Waals surface area contributed by atoms with Crippen molar-refractivity contribution in [3.8, 4) is 12.1 Å². The molecule has 2 heterocycles. The van der Waals surface area contributed by atoms with E-state index < -0.39 is 0 Å². The van der Waals surface area contributed by atoms with Crippen LogP contribution in [0.2, 0.25) is 5.02 Å². The third-order valence-electron chi connectivity index (χ3n) is 4.90. The topological polar surface area (TPSA) is 67.0 Å². The minimum atomic E-state index is 0.476. The third kappa shape index (κ3) is 3.14. The molecule has 5 nitrogen and oxygen atoms in total. The second-order valence-corrected chi connectivity index (χ2v) is 6.81. The van der Waals surface area contributed by atoms with Crippen LogP contribution in [-0.4, -0.2) is 31.2 Å². The molecule has 4 rings (SSSR count). The van der Waals surface area contributed by atoms with Crippen LogP contribution >= 0.6 is 11.6 Å². The van der Waals surface area contributed by atoms with Crippen LogP contribution in [0.15, 0.2) is 48.7 Å². The van der Waals surface area contributed by atoms with Gasteiger partial charge in [-0.3, -0.25) is 4.98 Å². The number of piperazine rings is 1. The van der Waals surface area contributed by atoms with Crippen LogP contribution in [0, 0.1) is 22.7 Å². The highest BCUT2D eigenvalue weighted by molar-refractivity contribution is 6.32. The molecule has 0 aliphatic carbocycles. The summed E-state index contributed by atoms with van der Waals surface area (Å²) < 4.78 is 0. The molecule has 1 saturated heterocycles. The Bertz CT molecular complexity index is 1090. The molecular formula is C21H16ClN5. The molecule has 132 valence electrons. The summed E-state index contributed by atoms with van der Waals surface area (Å²) in [5, 5.41) is 20.1. The maximum absolute atomic E-state index is 9.55. The fourth-order valence-electron chi connectivity index (χ4n) is 3.53. The zero-order valence-electron chi connectivity index (χ0n) is 14.6. The van der Waals surface area contributed by atoms with Crippen molar-refractivity contribution in [1.29, 1.82) is 10.5 Å². The Hall–Kier alpha value is -3.28. The SMILES string of the molecule is N#Cc1ccc(N2CCN(c3c(C#N)cnc4ccccc34)CC2)cc1Cl. The Morgan fingerprint density at radius 1 is 0.889 bits per heavy atom. The third-order valence-corrected chi connectivity index (χ3v) is 5.21. The Morgan fingerprint density at radius 3 is 2.30 bits per heavy atom. The van der Waals surface area contributed by atoms with E-state index in [1.807, 2.05) is 36.4 Å². The number of fused-ring (bicyclic) bond motifs is 1. The van der Waals surface area contributed by atoms with Crippen molar-refractivity contribution in [2.24, 2.45) is 0 Å². The second kappa shape index (κ2) is 7.15. The maximum atomic E-state index is 9.55. The number of pyridine rings is 1. The lowest BCUT2D eigenvalue weighted by molar-refractivity contribution is 0.654. The lowest BCUT2D eigenvalue weighted by atomic mass is 10.1. The number of rotatable bonds is 2. The number of anilines is 2. The van der Waals surface area contributed by atoms with Gasteiger partial charge in [0.05, 0.1) is 27.4 Å². The molecule has 1 aliphatic rings. The van der Waals surface area contributed by atoms with Crippen LogP contribution in [0.25, 0.3) is 10.9 Å². The molecule has 0 saturated carbocycles. The van der Waals surface area contributed by atoms with E-state index in [0.29, 0.717) is 16.1 Å². The number of nitriles is 2. The first-order chi connectivity index (χ1) is 13.2. The average Bonchev–Trinajstić information content (AvgIpc) is 2.73. The number of benzene rings is 2. The van der Waals surface area contributed by atoms with E-state index >= 15 is 0 Å². The summed E-state index contributed by atoms with van der Waals surface area (Å²) in [6.45, 7) is 3.20. The minimum Gasteiger partial charge on any atom is -0.368 e. The van der Waals surface area contributed by atoms with E-state index in [0.717, 1.165) is 48.5 Å². The number of halogens is 1. The number of hydrogen-bond donors (Lipinski definition) is 0. The Kier molecular flexibility index (Phi) is 4.54. The van der Waals surface area contributed by atoms with Gasteiger partial charge in [-0.05, 0) is 24.3 Å². The van der Waals surface area contributed by atoms with Crippen LogP contribution < -0.4 is 9.80 Å². The van der Waals surface area contributed by atoms with E-state index in [-0.39, 0.29) is 0 Å². The summed E-state index contributed by atoms with van der Waals surface area (Å²) in [6, 6.07) is 17.8. The smallest absolute Gasteiger partial charge is 0.103 e. The first kappa shape index (κ1) is 17.1. The second-order valence-electron chi connectivity index (χ2n) is 6.40. The molecule has 27 heavy (non-hydrogen) atoms. The van der Waals surface area contributed by atoms with Gasteiger partial charge in [-0.1, -0.05) is 29.8 Å². The van der Waals surface area contributed by atoms with E-state index in [1.54, 1.807) is 12.3 Å². The van der Waals surface area contributed by atoms with Crippen LogP contribution in [0.1, 0.15) is 11.1 Å². The molecule has 0 unspecified atom stereocenters. The van der Waals surface area contributed by atoms with Crippen LogP contribution in [0.5, 0.6) is 0 Å². The summed E-state index contributed by atoms with van der Waals surface area (Å²) in [6.07, 6.45) is 1.66. The van der Waals surface area contributed by atoms with Gasteiger partial charge in [0.2, 0.25) is 0 Å². The zero-order valence-corrected chi connectivity index (χ0v) is 15.3. The van der Waals surface area contributed by atoms with Crippen molar-refractivity contribution < 1.29 is 0 Å². The van der Waals surface area contributed by atoms with Gasteiger partial charge < -0.3 is 9.80 Å². The first-order valence-electron chi connectivity index (χ1n) is 8.68. The monoisotopic (exact) mass is 373 g/mol. The normalized spacial score (nSPS) is 14.0. The molecule has 0 amide bonds. The quantitative estimate of drug-likeness (QED) is 0.680. The number of nitrogens with zero attached hydrogens (tertiary/aromatic N) is 5. The van der Waals surface area contributed by atoms with Crippen molar-refractivity contribution in [3.63, 3.8) is 0 Å². The van der Waals surface area contributed by atoms with Gasteiger partial charge in [0, 0.05) is 43.4 Å². The largest absolute Gasteiger partial charge is 0.368 e. The Morgan fingerprint density at radius 2 is 1.59 bits per heavy atom. The molecule has 0 radical (unpaired) electrons. The van der Waals surface area contributed by atoms with Crippen LogP contribution in [0.4, 0.5) is 11.4 Å². The zero-order chi connectivity index (χ0) is 18.8. The highest BCUT2D eigenvalue weighted by Gasteiger charge is 2.22. The minimum absolute atomic E-state index is 0.476. The summed E-state index contributed by atoms with van der Waals surface area (Å²) in [4.78, 5) is 8.90. The predicted molar refractivity (Wildman–Crippen MR) is 107 cm³/mol. The highest BCUT2D eigenvalue weighted by atomic mass is 35.5. The van der Waals surface area contributed by atoms with Crippen molar-refractivity contribution in [1.82, 2.24) is 4.98 Å². The van der Waals surface area contributed by atoms with E-state index in [1.165, 1.54) is 0 Å². The summed E-state index contributed by atoms with van der Waals surface area (Å²) in [5.41, 5.74) is 3.96. The van der Waals surface area contributed by atoms with Gasteiger partial charge >= 0.3 is 0 Å². The lowest BCUT2D eigenvalue weighted by Crippen LogP contribution is -2.46. The summed E-state index contributed by atoms with van der Waals surface area (Å²) >= 11 is 6.18. The molecule has 0 atom stereocenters. The van der Waals surface area contributed by atoms with Gasteiger partial charge in [-0.25, -0.2) is 0 Å². The number of hydrogen-bond acceptors (Lipinski definition) is 5. The summed E-state index contributed by atoms with van der Waals surface area (Å²) in [7, 11) is 0. The Balaban J connectivity index is 1.60. The highest BCUT2D eigenvalue weighted by Crippen LogP contribution is 2.31. The lowest BCUT2D eigenvalue weighted by Gasteiger charge is -2.38. The van der Waals surface area contributed by atoms with Gasteiger partial charge in [-0.2, -0.15) is 10.5 Å². The predicted octanol–water partition coefficient (Wildman–Crippen LogP) is 3.96. The number of para-hydroxylation sites is 1. The molecular weight excluding hydrogens is 358 g/mol. The van der Waals surface area contributed by atoms with Crippen molar-refractivity contribution >= 4 is 33.9 Å². The molecule has 0 N–H and O–H groups in total. The van der Waals surface area contributed by atoms with E-state index in [2.05, 4.69) is 26.9 Å². The first-order valence-corrected chi connectivity index (χ1v) is 9.06. The van der Waals surface area contributed by atoms with Gasteiger partial charge in [-0.15, -0.1) is 0 Å². The van der Waals surface area contributed by atoms with E-state index in [9.17, 15) is 5.26 Å². The van der Waals surface area contributed by atoms with Crippen LogP contribution in [-0.2, 0) is 0 Å². The molecule has 1 fully saturated rings. The van der Waals surface area contributed by atoms with Crippen molar-refractivity contribution in [3.05, 3.63) is 64.8 Å². The van der Waals surface area contributed by atoms with Crippen molar-refractivity contribution in [2.45, 2.75) is 0 Å². The molecule has 2 aromatic carbocycles. The fraction of sp³-hybridized carbons (Fsp3) is 0.190. The average molecular weight is 374 g/mol. The molecule has 6 heteroatoms. The van der Waals surface area contributed by atoms with Gasteiger partial charge in [0.15, 0.2) is 0 Å². The maximum Gasteiger partial charge on any atom is 0.103 e. The number of aromatic nitrogens is 1. The van der Waals surface area contributed by atoms with Gasteiger partial charge in [0.1, 0.15) is 12.1 Å².